The van der Waals surface area contributed by atoms with Crippen LogP contribution in [0.2, 0.25) is 0 Å². The highest BCUT2D eigenvalue weighted by atomic mass is 16.2. The average molecular weight is 278 g/mol. The largest absolute Gasteiger partial charge is 0.355 e. The molecule has 20 heavy (non-hydrogen) atoms. The fourth-order valence-electron chi connectivity index (χ4n) is 4.67. The molecule has 3 heteroatoms. The summed E-state index contributed by atoms with van der Waals surface area (Å²) in [5.41, 5.74) is 0. The fraction of sp³-hybridized carbons (Fsp3) is 0.941. The number of amides is 1. The lowest BCUT2D eigenvalue weighted by Gasteiger charge is -2.28. The number of carbonyl (C=O) groups is 1. The Balaban J connectivity index is 1.30. The molecule has 0 aromatic carbocycles. The first-order valence-electron chi connectivity index (χ1n) is 8.78. The van der Waals surface area contributed by atoms with E-state index < -0.39 is 0 Å². The van der Waals surface area contributed by atoms with E-state index in [0.717, 1.165) is 37.4 Å². The molecule has 2 aliphatic carbocycles. The normalized spacial score (nSPS) is 34.1. The number of nitrogens with one attached hydrogen (secondary N) is 1. The van der Waals surface area contributed by atoms with Gasteiger partial charge in [-0.15, -0.1) is 0 Å². The van der Waals surface area contributed by atoms with E-state index in [9.17, 15) is 4.79 Å². The topological polar surface area (TPSA) is 32.3 Å². The number of rotatable bonds is 5. The summed E-state index contributed by atoms with van der Waals surface area (Å²) in [6.07, 6.45) is 12.4. The van der Waals surface area contributed by atoms with Crippen LogP contribution < -0.4 is 5.32 Å². The van der Waals surface area contributed by atoms with E-state index in [4.69, 9.17) is 0 Å². The highest BCUT2D eigenvalue weighted by Crippen LogP contribution is 2.45. The molecule has 1 saturated heterocycles. The Labute approximate surface area is 123 Å². The van der Waals surface area contributed by atoms with Gasteiger partial charge in [-0.2, -0.15) is 0 Å². The third-order valence-corrected chi connectivity index (χ3v) is 5.67. The van der Waals surface area contributed by atoms with Gasteiger partial charge >= 0.3 is 0 Å². The summed E-state index contributed by atoms with van der Waals surface area (Å²) in [5.74, 6) is 3.16. The van der Waals surface area contributed by atoms with Crippen LogP contribution in [0.15, 0.2) is 0 Å². The van der Waals surface area contributed by atoms with Gasteiger partial charge in [-0.1, -0.05) is 19.3 Å². The first kappa shape index (κ1) is 14.4. The lowest BCUT2D eigenvalue weighted by atomic mass is 9.79. The average Bonchev–Trinajstić information content (AvgIpc) is 2.79. The summed E-state index contributed by atoms with van der Waals surface area (Å²) >= 11 is 0. The molecule has 1 heterocycles. The number of hydrogen-bond donors (Lipinski definition) is 1. The van der Waals surface area contributed by atoms with Gasteiger partial charge in [0.05, 0.1) is 6.54 Å². The Hall–Kier alpha value is -0.570. The van der Waals surface area contributed by atoms with E-state index in [2.05, 4.69) is 10.2 Å². The van der Waals surface area contributed by atoms with Gasteiger partial charge in [0.1, 0.15) is 0 Å². The summed E-state index contributed by atoms with van der Waals surface area (Å²) in [6.45, 7) is 3.74. The minimum atomic E-state index is 0.241. The fourth-order valence-corrected chi connectivity index (χ4v) is 4.67. The van der Waals surface area contributed by atoms with Crippen molar-refractivity contribution in [2.75, 3.05) is 26.2 Å². The van der Waals surface area contributed by atoms with Crippen LogP contribution >= 0.6 is 0 Å². The molecule has 2 bridgehead atoms. The highest BCUT2D eigenvalue weighted by Gasteiger charge is 2.33. The molecule has 0 radical (unpaired) electrons. The summed E-state index contributed by atoms with van der Waals surface area (Å²) in [7, 11) is 0. The van der Waals surface area contributed by atoms with Gasteiger partial charge < -0.3 is 5.32 Å². The first-order chi connectivity index (χ1) is 9.79. The van der Waals surface area contributed by atoms with Crippen molar-refractivity contribution in [3.8, 4) is 0 Å². The van der Waals surface area contributed by atoms with Crippen molar-refractivity contribution < 1.29 is 4.79 Å². The number of likely N-dealkylation sites (tertiary alicyclic amines) is 1. The van der Waals surface area contributed by atoms with Crippen LogP contribution in [-0.4, -0.2) is 37.0 Å². The van der Waals surface area contributed by atoms with Gasteiger partial charge in [0.2, 0.25) is 5.91 Å². The molecule has 2 saturated carbocycles. The number of fused-ring (bicyclic) bond motifs is 2. The van der Waals surface area contributed by atoms with Crippen LogP contribution in [-0.2, 0) is 4.79 Å². The van der Waals surface area contributed by atoms with Gasteiger partial charge in [0.25, 0.3) is 0 Å². The van der Waals surface area contributed by atoms with Gasteiger partial charge in [0, 0.05) is 6.54 Å². The standard InChI is InChI=1S/C17H30N2O/c20-17(13-19-8-2-1-3-9-19)18-7-6-16-11-14-4-5-15(10-14)12-16/h14-16H,1-13H2,(H,18,20). The minimum absolute atomic E-state index is 0.241. The predicted octanol–water partition coefficient (Wildman–Crippen LogP) is 2.80. The summed E-state index contributed by atoms with van der Waals surface area (Å²) < 4.78 is 0. The quantitative estimate of drug-likeness (QED) is 0.838. The SMILES string of the molecule is O=C(CN1CCCCC1)NCCC1CC2CCC(C1)C2. The van der Waals surface area contributed by atoms with Gasteiger partial charge in [-0.3, -0.25) is 9.69 Å². The molecule has 0 aromatic heterocycles. The highest BCUT2D eigenvalue weighted by molar-refractivity contribution is 5.77. The molecule has 0 aromatic rings. The molecular weight excluding hydrogens is 248 g/mol. The monoisotopic (exact) mass is 278 g/mol. The molecule has 0 spiro atoms. The number of carbonyl (C=O) groups excluding carboxylic acids is 1. The molecule has 3 rings (SSSR count). The van der Waals surface area contributed by atoms with Crippen LogP contribution in [0.5, 0.6) is 0 Å². The lowest BCUT2D eigenvalue weighted by molar-refractivity contribution is -0.122. The number of nitrogens with zero attached hydrogens (tertiary/aromatic N) is 1. The van der Waals surface area contributed by atoms with Crippen LogP contribution in [0.4, 0.5) is 0 Å². The molecule has 2 atom stereocenters. The smallest absolute Gasteiger partial charge is 0.234 e. The van der Waals surface area contributed by atoms with Crippen LogP contribution in [0, 0.1) is 17.8 Å². The second-order valence-corrected chi connectivity index (χ2v) is 7.36. The summed E-state index contributed by atoms with van der Waals surface area (Å²) in [6, 6.07) is 0. The van der Waals surface area contributed by atoms with Crippen molar-refractivity contribution in [2.45, 2.75) is 57.8 Å². The Morgan fingerprint density at radius 3 is 2.40 bits per heavy atom. The molecule has 3 nitrogen and oxygen atoms in total. The molecule has 1 N–H and O–H groups in total. The maximum absolute atomic E-state index is 11.9. The molecule has 3 aliphatic rings. The third kappa shape index (κ3) is 3.97. The Kier molecular flexibility index (Phi) is 4.98. The van der Waals surface area contributed by atoms with Crippen LogP contribution in [0.25, 0.3) is 0 Å². The maximum atomic E-state index is 11.9. The Morgan fingerprint density at radius 1 is 1.00 bits per heavy atom. The molecule has 2 unspecified atom stereocenters. The number of hydrogen-bond acceptors (Lipinski definition) is 2. The third-order valence-electron chi connectivity index (χ3n) is 5.67. The predicted molar refractivity (Wildman–Crippen MR) is 81.5 cm³/mol. The molecule has 114 valence electrons. The zero-order valence-corrected chi connectivity index (χ0v) is 12.8. The van der Waals surface area contributed by atoms with Gasteiger partial charge in [-0.25, -0.2) is 0 Å². The second-order valence-electron chi connectivity index (χ2n) is 7.36. The summed E-state index contributed by atoms with van der Waals surface area (Å²) in [4.78, 5) is 14.2. The van der Waals surface area contributed by atoms with Crippen molar-refractivity contribution in [3.05, 3.63) is 0 Å². The van der Waals surface area contributed by atoms with E-state index >= 15 is 0 Å². The zero-order valence-electron chi connectivity index (χ0n) is 12.8. The Bertz CT molecular complexity index is 313. The van der Waals surface area contributed by atoms with Gasteiger partial charge in [0.15, 0.2) is 0 Å². The van der Waals surface area contributed by atoms with E-state index in [-0.39, 0.29) is 5.91 Å². The zero-order chi connectivity index (χ0) is 13.8. The lowest BCUT2D eigenvalue weighted by Crippen LogP contribution is -2.40. The van der Waals surface area contributed by atoms with E-state index in [1.165, 1.54) is 57.8 Å². The molecular formula is C17H30N2O. The summed E-state index contributed by atoms with van der Waals surface area (Å²) in [5, 5.41) is 3.15. The van der Waals surface area contributed by atoms with E-state index in [1.807, 2.05) is 0 Å². The van der Waals surface area contributed by atoms with Gasteiger partial charge in [-0.05, 0) is 69.4 Å². The van der Waals surface area contributed by atoms with E-state index in [1.54, 1.807) is 0 Å². The minimum Gasteiger partial charge on any atom is -0.355 e. The van der Waals surface area contributed by atoms with Crippen molar-refractivity contribution in [1.29, 1.82) is 0 Å². The maximum Gasteiger partial charge on any atom is 0.234 e. The van der Waals surface area contributed by atoms with Crippen LogP contribution in [0.1, 0.15) is 57.8 Å². The first-order valence-corrected chi connectivity index (χ1v) is 8.78. The molecule has 1 amide bonds. The molecule has 1 aliphatic heterocycles. The van der Waals surface area contributed by atoms with E-state index in [0.29, 0.717) is 6.54 Å². The van der Waals surface area contributed by atoms with Crippen molar-refractivity contribution >= 4 is 5.91 Å². The number of piperidine rings is 1. The van der Waals surface area contributed by atoms with Crippen molar-refractivity contribution in [3.63, 3.8) is 0 Å². The van der Waals surface area contributed by atoms with Crippen LogP contribution in [0.3, 0.4) is 0 Å². The Morgan fingerprint density at radius 2 is 1.70 bits per heavy atom. The second kappa shape index (κ2) is 6.93. The van der Waals surface area contributed by atoms with Crippen molar-refractivity contribution in [1.82, 2.24) is 10.2 Å². The molecule has 3 fully saturated rings. The van der Waals surface area contributed by atoms with Crippen molar-refractivity contribution in [2.24, 2.45) is 17.8 Å².